The quantitative estimate of drug-likeness (QED) is 0.189. The number of rotatable bonds is 6. The molecule has 3 fully saturated rings. The highest BCUT2D eigenvalue weighted by molar-refractivity contribution is 7.53. The third-order valence-corrected chi connectivity index (χ3v) is 13.9. The Labute approximate surface area is 216 Å². The van der Waals surface area contributed by atoms with E-state index in [4.69, 9.17) is 23.2 Å². The predicted octanol–water partition coefficient (Wildman–Crippen LogP) is 7.33. The van der Waals surface area contributed by atoms with Crippen LogP contribution in [-0.4, -0.2) is 31.0 Å². The van der Waals surface area contributed by atoms with Gasteiger partial charge in [0.25, 0.3) is 0 Å². The van der Waals surface area contributed by atoms with Gasteiger partial charge in [-0.15, -0.1) is 0 Å². The highest BCUT2D eigenvalue weighted by atomic mass is 35.5. The van der Waals surface area contributed by atoms with Gasteiger partial charge in [-0.2, -0.15) is 0 Å². The molecule has 0 aliphatic heterocycles. The minimum atomic E-state index is -4.69. The van der Waals surface area contributed by atoms with Crippen LogP contribution in [0.4, 0.5) is 0 Å². The molecule has 196 valence electrons. The fourth-order valence-corrected chi connectivity index (χ4v) is 12.0. The van der Waals surface area contributed by atoms with Crippen molar-refractivity contribution in [2.45, 2.75) is 109 Å². The lowest BCUT2D eigenvalue weighted by atomic mass is 9.46. The van der Waals surface area contributed by atoms with Crippen LogP contribution in [0.5, 0.6) is 0 Å². The summed E-state index contributed by atoms with van der Waals surface area (Å²) in [5, 5.41) is 10.7. The summed E-state index contributed by atoms with van der Waals surface area (Å²) in [4.78, 5) is 20.2. The van der Waals surface area contributed by atoms with Gasteiger partial charge in [0.05, 0.1) is 6.10 Å². The lowest BCUT2D eigenvalue weighted by molar-refractivity contribution is -0.0609. The molecule has 3 N–H and O–H groups in total. The van der Waals surface area contributed by atoms with E-state index in [1.165, 1.54) is 32.1 Å². The van der Waals surface area contributed by atoms with Crippen molar-refractivity contribution in [2.24, 2.45) is 46.3 Å². The molecule has 0 bridgehead atoms. The van der Waals surface area contributed by atoms with Gasteiger partial charge in [0.1, 0.15) is 9.99 Å². The Morgan fingerprint density at radius 3 is 2.38 bits per heavy atom. The number of hydrogen-bond donors (Lipinski definition) is 3. The lowest BCUT2D eigenvalue weighted by Crippen LogP contribution is -2.63. The van der Waals surface area contributed by atoms with E-state index in [1.807, 2.05) is 6.92 Å². The highest BCUT2D eigenvalue weighted by Gasteiger charge is 2.69. The number of aliphatic hydroxyl groups excluding tert-OH is 1. The molecule has 9 atom stereocenters. The summed E-state index contributed by atoms with van der Waals surface area (Å²) in [5.41, 5.74) is -0.907. The van der Waals surface area contributed by atoms with Gasteiger partial charge in [-0.25, -0.2) is 0 Å². The van der Waals surface area contributed by atoms with Crippen molar-refractivity contribution in [3.8, 4) is 0 Å². The van der Waals surface area contributed by atoms with Crippen LogP contribution in [-0.2, 0) is 4.57 Å². The molecule has 0 aromatic heterocycles. The van der Waals surface area contributed by atoms with E-state index in [1.54, 1.807) is 0 Å². The van der Waals surface area contributed by atoms with E-state index in [2.05, 4.69) is 33.8 Å². The first-order chi connectivity index (χ1) is 15.7. The Balaban J connectivity index is 1.61. The van der Waals surface area contributed by atoms with Crippen molar-refractivity contribution in [1.82, 2.24) is 0 Å². The summed E-state index contributed by atoms with van der Waals surface area (Å²) in [6, 6.07) is 0. The minimum absolute atomic E-state index is 0.178. The maximum atomic E-state index is 12.4. The van der Waals surface area contributed by atoms with E-state index in [0.717, 1.165) is 42.6 Å². The fourth-order valence-electron chi connectivity index (χ4n) is 9.16. The number of allylic oxidation sites excluding steroid dienone is 1. The molecule has 0 saturated heterocycles. The average Bonchev–Trinajstić information content (AvgIpc) is 3.05. The van der Waals surface area contributed by atoms with Crippen molar-refractivity contribution in [3.05, 3.63) is 11.6 Å². The third-order valence-electron chi connectivity index (χ3n) is 10.9. The second kappa shape index (κ2) is 9.32. The van der Waals surface area contributed by atoms with Gasteiger partial charge in [0.2, 0.25) is 0 Å². The van der Waals surface area contributed by atoms with Gasteiger partial charge in [-0.3, -0.25) is 4.57 Å². The minimum Gasteiger partial charge on any atom is -0.392 e. The van der Waals surface area contributed by atoms with Gasteiger partial charge in [0.15, 0.2) is 0 Å². The lowest BCUT2D eigenvalue weighted by Gasteiger charge is -2.62. The summed E-state index contributed by atoms with van der Waals surface area (Å²) >= 11 is 13.9. The van der Waals surface area contributed by atoms with Crippen molar-refractivity contribution >= 4 is 30.8 Å². The molecule has 0 radical (unpaired) electrons. The first-order valence-electron chi connectivity index (χ1n) is 13.5. The second-order valence-electron chi connectivity index (χ2n) is 13.0. The highest BCUT2D eigenvalue weighted by Crippen LogP contribution is 2.73. The summed E-state index contributed by atoms with van der Waals surface area (Å²) in [6.45, 7) is 11.6. The molecule has 0 aromatic carbocycles. The van der Waals surface area contributed by atoms with Crippen LogP contribution in [0.1, 0.15) is 92.4 Å². The second-order valence-corrected chi connectivity index (χ2v) is 16.1. The van der Waals surface area contributed by atoms with Crippen molar-refractivity contribution in [2.75, 3.05) is 0 Å². The van der Waals surface area contributed by atoms with E-state index in [0.29, 0.717) is 17.3 Å². The molecular weight excluding hydrogens is 490 g/mol. The van der Waals surface area contributed by atoms with Crippen LogP contribution in [0.15, 0.2) is 11.6 Å². The topological polar surface area (TPSA) is 77.8 Å². The molecule has 4 nitrogen and oxygen atoms in total. The standard InChI is InChI=1S/C27H45Cl2O4P/c1-16(2)7-6-8-17(3)20-11-12-21-19-10-9-18-15-23(30)24(34(31,32)33)27(28,29)26(18,5)22(19)13-14-25(20,21)4/h9,16-17,19-24,30H,6-8,10-15H2,1-5H3,(H2,31,32,33)/t17-,19+,20-,21+,22+,23+,24?,25-,26+/m1/s1. The molecule has 7 heteroatoms. The van der Waals surface area contributed by atoms with Gasteiger partial charge in [0, 0.05) is 5.41 Å². The normalized spacial score (nSPS) is 44.7. The maximum Gasteiger partial charge on any atom is 0.334 e. The Hall–Kier alpha value is 0.430. The zero-order chi connectivity index (χ0) is 25.3. The van der Waals surface area contributed by atoms with Crippen LogP contribution in [0.3, 0.4) is 0 Å². The first kappa shape index (κ1) is 27.5. The van der Waals surface area contributed by atoms with Gasteiger partial charge < -0.3 is 14.9 Å². The zero-order valence-corrected chi connectivity index (χ0v) is 23.9. The molecule has 4 aliphatic carbocycles. The molecule has 3 saturated carbocycles. The van der Waals surface area contributed by atoms with E-state index >= 15 is 0 Å². The zero-order valence-electron chi connectivity index (χ0n) is 21.5. The van der Waals surface area contributed by atoms with Gasteiger partial charge >= 0.3 is 7.60 Å². The summed E-state index contributed by atoms with van der Waals surface area (Å²) in [5.74, 6) is 3.40. The molecule has 1 unspecified atom stereocenters. The Kier molecular flexibility index (Phi) is 7.53. The largest absolute Gasteiger partial charge is 0.392 e. The molecule has 34 heavy (non-hydrogen) atoms. The van der Waals surface area contributed by atoms with Gasteiger partial charge in [-0.05, 0) is 79.4 Å². The van der Waals surface area contributed by atoms with Crippen molar-refractivity contribution < 1.29 is 19.5 Å². The SMILES string of the molecule is CC(C)CCC[C@@H](C)[C@H]1CC[C@H]2[C@@H]3CC=C4C[C@H](O)C(P(=O)(O)O)C(Cl)(Cl)[C@]4(C)[C@H]3CC[C@]12C. The van der Waals surface area contributed by atoms with Crippen LogP contribution < -0.4 is 0 Å². The predicted molar refractivity (Wildman–Crippen MR) is 140 cm³/mol. The monoisotopic (exact) mass is 534 g/mol. The summed E-state index contributed by atoms with van der Waals surface area (Å²) in [7, 11) is -4.69. The van der Waals surface area contributed by atoms with Crippen LogP contribution in [0.2, 0.25) is 0 Å². The third kappa shape index (κ3) is 4.19. The Bertz CT molecular complexity index is 854. The Morgan fingerprint density at radius 1 is 1.09 bits per heavy atom. The fraction of sp³-hybridized carbons (Fsp3) is 0.926. The van der Waals surface area contributed by atoms with Crippen LogP contribution >= 0.6 is 30.8 Å². The molecule has 0 aromatic rings. The molecule has 4 aliphatic rings. The van der Waals surface area contributed by atoms with E-state index in [9.17, 15) is 19.5 Å². The summed E-state index contributed by atoms with van der Waals surface area (Å²) < 4.78 is 10.7. The maximum absolute atomic E-state index is 12.4. The number of fused-ring (bicyclic) bond motifs is 5. The number of halogens is 2. The van der Waals surface area contributed by atoms with Crippen molar-refractivity contribution in [1.29, 1.82) is 0 Å². The number of hydrogen-bond acceptors (Lipinski definition) is 2. The number of alkyl halides is 2. The van der Waals surface area contributed by atoms with Crippen LogP contribution in [0.25, 0.3) is 0 Å². The first-order valence-corrected chi connectivity index (χ1v) is 15.9. The Morgan fingerprint density at radius 2 is 1.76 bits per heavy atom. The smallest absolute Gasteiger partial charge is 0.334 e. The molecule has 0 amide bonds. The molecular formula is C27H45Cl2O4P. The van der Waals surface area contributed by atoms with Crippen molar-refractivity contribution in [3.63, 3.8) is 0 Å². The number of aliphatic hydroxyl groups is 1. The van der Waals surface area contributed by atoms with E-state index in [-0.39, 0.29) is 12.3 Å². The molecule has 0 spiro atoms. The van der Waals surface area contributed by atoms with Gasteiger partial charge in [-0.1, -0.05) is 88.7 Å². The summed E-state index contributed by atoms with van der Waals surface area (Å²) in [6.07, 6.45) is 10.7. The molecule has 4 rings (SSSR count). The molecule has 0 heterocycles. The average molecular weight is 536 g/mol. The van der Waals surface area contributed by atoms with Crippen LogP contribution in [0, 0.1) is 46.3 Å². The van der Waals surface area contributed by atoms with E-state index < -0.39 is 29.1 Å².